The minimum Gasteiger partial charge on any atom is -0.309 e. The number of fused-ring (bicyclic) bond motifs is 1. The van der Waals surface area contributed by atoms with Crippen LogP contribution < -0.4 is 5.32 Å². The first-order valence-corrected chi connectivity index (χ1v) is 6.29. The fourth-order valence-corrected chi connectivity index (χ4v) is 2.09. The zero-order chi connectivity index (χ0) is 13.0. The monoisotopic (exact) mass is 258 g/mol. The molecule has 3 heteroatoms. The van der Waals surface area contributed by atoms with Crippen LogP contribution in [0.2, 0.25) is 5.02 Å². The summed E-state index contributed by atoms with van der Waals surface area (Å²) < 4.78 is 0. The number of pyridine rings is 1. The lowest BCUT2D eigenvalue weighted by atomic mass is 10.1. The standard InChI is InChI=1S/C15H15ClN2/c1-3-5-11(2)18-10-12-7-8-14(16)13-6-4-9-17-15(12)13/h1,4,6-9,11,18H,5,10H2,2H3. The lowest BCUT2D eigenvalue weighted by Crippen LogP contribution is -2.25. The van der Waals surface area contributed by atoms with Crippen LogP contribution in [0.3, 0.4) is 0 Å². The van der Waals surface area contributed by atoms with Gasteiger partial charge in [-0.25, -0.2) is 0 Å². The second-order valence-electron chi connectivity index (χ2n) is 4.30. The smallest absolute Gasteiger partial charge is 0.0761 e. The highest BCUT2D eigenvalue weighted by Crippen LogP contribution is 2.24. The van der Waals surface area contributed by atoms with E-state index in [-0.39, 0.29) is 0 Å². The van der Waals surface area contributed by atoms with Gasteiger partial charge in [0.25, 0.3) is 0 Å². The summed E-state index contributed by atoms with van der Waals surface area (Å²) in [5, 5.41) is 5.11. The fourth-order valence-electron chi connectivity index (χ4n) is 1.87. The van der Waals surface area contributed by atoms with Gasteiger partial charge < -0.3 is 5.32 Å². The molecule has 92 valence electrons. The average Bonchev–Trinajstić information content (AvgIpc) is 2.39. The van der Waals surface area contributed by atoms with Crippen molar-refractivity contribution in [1.82, 2.24) is 10.3 Å². The summed E-state index contributed by atoms with van der Waals surface area (Å²) in [6.07, 6.45) is 7.79. The van der Waals surface area contributed by atoms with Crippen LogP contribution in [-0.4, -0.2) is 11.0 Å². The Kier molecular flexibility index (Phi) is 4.19. The van der Waals surface area contributed by atoms with E-state index in [0.717, 1.165) is 34.5 Å². The Labute approximate surface area is 112 Å². The predicted octanol–water partition coefficient (Wildman–Crippen LogP) is 3.39. The molecule has 0 saturated carbocycles. The van der Waals surface area contributed by atoms with Crippen molar-refractivity contribution in [3.8, 4) is 12.3 Å². The molecule has 2 rings (SSSR count). The lowest BCUT2D eigenvalue weighted by Gasteiger charge is -2.12. The van der Waals surface area contributed by atoms with Crippen LogP contribution >= 0.6 is 11.6 Å². The molecule has 2 aromatic rings. The van der Waals surface area contributed by atoms with Crippen molar-refractivity contribution in [1.29, 1.82) is 0 Å². The van der Waals surface area contributed by atoms with Crippen molar-refractivity contribution in [3.05, 3.63) is 41.0 Å². The molecule has 0 amide bonds. The Hall–Kier alpha value is -1.56. The minimum atomic E-state index is 0.296. The van der Waals surface area contributed by atoms with Crippen LogP contribution in [0.5, 0.6) is 0 Å². The maximum Gasteiger partial charge on any atom is 0.0761 e. The van der Waals surface area contributed by atoms with Crippen molar-refractivity contribution in [2.75, 3.05) is 0 Å². The molecule has 0 fully saturated rings. The Morgan fingerprint density at radius 1 is 1.44 bits per heavy atom. The SMILES string of the molecule is C#CCC(C)NCc1ccc(Cl)c2cccnc12. The quantitative estimate of drug-likeness (QED) is 0.851. The molecule has 0 spiro atoms. The van der Waals surface area contributed by atoms with Gasteiger partial charge in [-0.3, -0.25) is 4.98 Å². The van der Waals surface area contributed by atoms with E-state index in [4.69, 9.17) is 18.0 Å². The third-order valence-electron chi connectivity index (χ3n) is 2.87. The maximum absolute atomic E-state index is 6.15. The van der Waals surface area contributed by atoms with Gasteiger partial charge in [0.1, 0.15) is 0 Å². The zero-order valence-electron chi connectivity index (χ0n) is 10.3. The van der Waals surface area contributed by atoms with Gasteiger partial charge in [-0.2, -0.15) is 0 Å². The second kappa shape index (κ2) is 5.86. The molecule has 1 heterocycles. The molecule has 0 bridgehead atoms. The van der Waals surface area contributed by atoms with Crippen molar-refractivity contribution >= 4 is 22.5 Å². The number of aromatic nitrogens is 1. The number of rotatable bonds is 4. The molecular weight excluding hydrogens is 244 g/mol. The van der Waals surface area contributed by atoms with E-state index in [1.54, 1.807) is 6.20 Å². The van der Waals surface area contributed by atoms with Crippen molar-refractivity contribution in [2.45, 2.75) is 25.9 Å². The molecule has 1 aromatic heterocycles. The normalized spacial score (nSPS) is 12.3. The van der Waals surface area contributed by atoms with Gasteiger partial charge in [0.05, 0.1) is 5.52 Å². The largest absolute Gasteiger partial charge is 0.309 e. The molecule has 1 aromatic carbocycles. The molecule has 1 unspecified atom stereocenters. The van der Waals surface area contributed by atoms with Crippen LogP contribution in [0.15, 0.2) is 30.5 Å². The maximum atomic E-state index is 6.15. The topological polar surface area (TPSA) is 24.9 Å². The number of benzene rings is 1. The van der Waals surface area contributed by atoms with Gasteiger partial charge in [-0.05, 0) is 30.7 Å². The van der Waals surface area contributed by atoms with Crippen LogP contribution in [-0.2, 0) is 6.54 Å². The van der Waals surface area contributed by atoms with Gasteiger partial charge in [0.2, 0.25) is 0 Å². The van der Waals surface area contributed by atoms with Crippen LogP contribution in [0.25, 0.3) is 10.9 Å². The van der Waals surface area contributed by atoms with E-state index in [1.807, 2.05) is 24.3 Å². The Balaban J connectivity index is 2.24. The third kappa shape index (κ3) is 2.81. The number of hydrogen-bond acceptors (Lipinski definition) is 2. The fraction of sp³-hybridized carbons (Fsp3) is 0.267. The Morgan fingerprint density at radius 2 is 2.28 bits per heavy atom. The van der Waals surface area contributed by atoms with E-state index in [9.17, 15) is 0 Å². The minimum absolute atomic E-state index is 0.296. The number of terminal acetylenes is 1. The zero-order valence-corrected chi connectivity index (χ0v) is 11.0. The number of hydrogen-bond donors (Lipinski definition) is 1. The van der Waals surface area contributed by atoms with Gasteiger partial charge in [0.15, 0.2) is 0 Å². The van der Waals surface area contributed by atoms with Crippen molar-refractivity contribution in [2.24, 2.45) is 0 Å². The van der Waals surface area contributed by atoms with Crippen LogP contribution in [0.4, 0.5) is 0 Å². The summed E-state index contributed by atoms with van der Waals surface area (Å²) in [6, 6.07) is 8.09. The summed E-state index contributed by atoms with van der Waals surface area (Å²) in [5.74, 6) is 2.65. The summed E-state index contributed by atoms with van der Waals surface area (Å²) in [4.78, 5) is 4.40. The summed E-state index contributed by atoms with van der Waals surface area (Å²) in [7, 11) is 0. The molecule has 0 radical (unpaired) electrons. The molecule has 0 aliphatic carbocycles. The van der Waals surface area contributed by atoms with Gasteiger partial charge >= 0.3 is 0 Å². The lowest BCUT2D eigenvalue weighted by molar-refractivity contribution is 0.560. The van der Waals surface area contributed by atoms with Gasteiger partial charge in [-0.15, -0.1) is 12.3 Å². The molecule has 0 aliphatic heterocycles. The van der Waals surface area contributed by atoms with E-state index in [1.165, 1.54) is 0 Å². The number of halogens is 1. The van der Waals surface area contributed by atoms with Crippen molar-refractivity contribution in [3.63, 3.8) is 0 Å². The molecule has 18 heavy (non-hydrogen) atoms. The first-order chi connectivity index (χ1) is 8.72. The number of nitrogens with zero attached hydrogens (tertiary/aromatic N) is 1. The highest BCUT2D eigenvalue weighted by atomic mass is 35.5. The summed E-state index contributed by atoms with van der Waals surface area (Å²) in [6.45, 7) is 2.82. The van der Waals surface area contributed by atoms with Gasteiger partial charge in [0, 0.05) is 35.6 Å². The molecule has 1 atom stereocenters. The second-order valence-corrected chi connectivity index (χ2v) is 4.70. The van der Waals surface area contributed by atoms with Crippen LogP contribution in [0.1, 0.15) is 18.9 Å². The molecule has 0 aliphatic rings. The first kappa shape index (κ1) is 12.9. The predicted molar refractivity (Wildman–Crippen MR) is 76.5 cm³/mol. The molecule has 2 nitrogen and oxygen atoms in total. The molecular formula is C15H15ClN2. The van der Waals surface area contributed by atoms with Gasteiger partial charge in [-0.1, -0.05) is 17.7 Å². The number of nitrogens with one attached hydrogen (secondary N) is 1. The first-order valence-electron chi connectivity index (χ1n) is 5.91. The van der Waals surface area contributed by atoms with Crippen LogP contribution in [0, 0.1) is 12.3 Å². The Morgan fingerprint density at radius 3 is 3.06 bits per heavy atom. The van der Waals surface area contributed by atoms with E-state index < -0.39 is 0 Å². The summed E-state index contributed by atoms with van der Waals surface area (Å²) >= 11 is 6.15. The van der Waals surface area contributed by atoms with Crippen molar-refractivity contribution < 1.29 is 0 Å². The third-order valence-corrected chi connectivity index (χ3v) is 3.19. The Bertz CT molecular complexity index is 587. The van der Waals surface area contributed by atoms with E-state index in [0.29, 0.717) is 6.04 Å². The van der Waals surface area contributed by atoms with E-state index in [2.05, 4.69) is 23.1 Å². The average molecular weight is 259 g/mol. The highest BCUT2D eigenvalue weighted by Gasteiger charge is 2.06. The molecule has 0 saturated heterocycles. The van der Waals surface area contributed by atoms with E-state index >= 15 is 0 Å². The molecule has 1 N–H and O–H groups in total. The summed E-state index contributed by atoms with van der Waals surface area (Å²) in [5.41, 5.74) is 2.09. The highest BCUT2D eigenvalue weighted by molar-refractivity contribution is 6.35.